The van der Waals surface area contributed by atoms with Crippen molar-refractivity contribution in [2.45, 2.75) is 19.4 Å². The van der Waals surface area contributed by atoms with Crippen molar-refractivity contribution in [1.82, 2.24) is 10.2 Å². The van der Waals surface area contributed by atoms with E-state index in [0.717, 1.165) is 12.2 Å². The number of hydrogen-bond acceptors (Lipinski definition) is 3. The summed E-state index contributed by atoms with van der Waals surface area (Å²) in [6.07, 6.45) is 0.745. The molecule has 0 radical (unpaired) electrons. The highest BCUT2D eigenvalue weighted by atomic mass is 16.5. The van der Waals surface area contributed by atoms with Crippen LogP contribution in [0.2, 0.25) is 0 Å². The molecule has 1 N–H and O–H groups in total. The Kier molecular flexibility index (Phi) is 2.89. The number of nitrogens with one attached hydrogen (secondary N) is 1. The first-order valence-electron chi connectivity index (χ1n) is 6.42. The van der Waals surface area contributed by atoms with Crippen LogP contribution in [0.25, 0.3) is 0 Å². The van der Waals surface area contributed by atoms with E-state index >= 15 is 0 Å². The molecule has 5 nitrogen and oxygen atoms in total. The number of piperazine rings is 1. The van der Waals surface area contributed by atoms with Gasteiger partial charge in [0.25, 0.3) is 0 Å². The van der Waals surface area contributed by atoms with Crippen molar-refractivity contribution in [3.63, 3.8) is 0 Å². The van der Waals surface area contributed by atoms with Crippen LogP contribution in [-0.2, 0) is 16.0 Å². The van der Waals surface area contributed by atoms with Crippen molar-refractivity contribution in [3.05, 3.63) is 29.3 Å². The predicted octanol–water partition coefficient (Wildman–Crippen LogP) is 0.257. The first kappa shape index (κ1) is 12.0. The molecule has 0 saturated carbocycles. The SMILES string of the molecule is Cc1ccc2c(c1)CC(CN1CC(=O)NCC1=O)O2. The van der Waals surface area contributed by atoms with Crippen LogP contribution in [0.5, 0.6) is 5.75 Å². The highest BCUT2D eigenvalue weighted by Crippen LogP contribution is 2.29. The number of rotatable bonds is 2. The van der Waals surface area contributed by atoms with Gasteiger partial charge in [0.2, 0.25) is 11.8 Å². The van der Waals surface area contributed by atoms with Crippen LogP contribution in [-0.4, -0.2) is 42.5 Å². The third kappa shape index (κ3) is 2.41. The average Bonchev–Trinajstić information content (AvgIpc) is 2.75. The van der Waals surface area contributed by atoms with E-state index in [9.17, 15) is 9.59 Å². The molecule has 2 aliphatic heterocycles. The van der Waals surface area contributed by atoms with Crippen molar-refractivity contribution >= 4 is 11.8 Å². The van der Waals surface area contributed by atoms with E-state index in [1.54, 1.807) is 4.90 Å². The Labute approximate surface area is 111 Å². The van der Waals surface area contributed by atoms with Crippen LogP contribution >= 0.6 is 0 Å². The van der Waals surface area contributed by atoms with E-state index in [0.29, 0.717) is 6.54 Å². The number of amides is 2. The molecule has 2 aliphatic rings. The van der Waals surface area contributed by atoms with Crippen LogP contribution < -0.4 is 10.1 Å². The third-order valence-corrected chi connectivity index (χ3v) is 3.51. The summed E-state index contributed by atoms with van der Waals surface area (Å²) in [7, 11) is 0. The van der Waals surface area contributed by atoms with E-state index in [1.807, 2.05) is 19.1 Å². The summed E-state index contributed by atoms with van der Waals surface area (Å²) in [5, 5.41) is 2.54. The number of ether oxygens (including phenoxy) is 1. The van der Waals surface area contributed by atoms with Crippen LogP contribution in [0.3, 0.4) is 0 Å². The summed E-state index contributed by atoms with van der Waals surface area (Å²) < 4.78 is 5.82. The van der Waals surface area contributed by atoms with Gasteiger partial charge in [-0.25, -0.2) is 0 Å². The lowest BCUT2D eigenvalue weighted by atomic mass is 10.1. The Bertz CT molecular complexity index is 541. The maximum atomic E-state index is 11.7. The predicted molar refractivity (Wildman–Crippen MR) is 68.9 cm³/mol. The number of aryl methyl sites for hydroxylation is 1. The topological polar surface area (TPSA) is 58.6 Å². The van der Waals surface area contributed by atoms with Crippen LogP contribution in [0.15, 0.2) is 18.2 Å². The molecule has 3 rings (SSSR count). The second-order valence-electron chi connectivity index (χ2n) is 5.11. The zero-order valence-corrected chi connectivity index (χ0v) is 10.8. The summed E-state index contributed by atoms with van der Waals surface area (Å²) in [5.41, 5.74) is 2.38. The molecule has 100 valence electrons. The second-order valence-corrected chi connectivity index (χ2v) is 5.11. The summed E-state index contributed by atoms with van der Waals surface area (Å²) in [6.45, 7) is 2.75. The molecule has 2 amide bonds. The van der Waals surface area contributed by atoms with Gasteiger partial charge in [0, 0.05) is 6.42 Å². The summed E-state index contributed by atoms with van der Waals surface area (Å²) in [4.78, 5) is 24.6. The first-order valence-corrected chi connectivity index (χ1v) is 6.42. The monoisotopic (exact) mass is 260 g/mol. The minimum atomic E-state index is -0.106. The van der Waals surface area contributed by atoms with Gasteiger partial charge in [0.05, 0.1) is 19.6 Å². The average molecular weight is 260 g/mol. The molecule has 2 heterocycles. The Hall–Kier alpha value is -2.04. The van der Waals surface area contributed by atoms with Gasteiger partial charge in [0.15, 0.2) is 0 Å². The fourth-order valence-electron chi connectivity index (χ4n) is 2.57. The Balaban J connectivity index is 1.67. The number of nitrogens with zero attached hydrogens (tertiary/aromatic N) is 1. The van der Waals surface area contributed by atoms with Gasteiger partial charge in [-0.15, -0.1) is 0 Å². The molecule has 5 heteroatoms. The van der Waals surface area contributed by atoms with Gasteiger partial charge in [-0.05, 0) is 18.6 Å². The Morgan fingerprint density at radius 3 is 3.11 bits per heavy atom. The molecular weight excluding hydrogens is 244 g/mol. The van der Waals surface area contributed by atoms with Crippen molar-refractivity contribution in [3.8, 4) is 5.75 Å². The normalized spacial score (nSPS) is 21.9. The maximum Gasteiger partial charge on any atom is 0.242 e. The first-order chi connectivity index (χ1) is 9.11. The van der Waals surface area contributed by atoms with Crippen LogP contribution in [0.4, 0.5) is 0 Å². The number of carbonyl (C=O) groups excluding carboxylic acids is 2. The molecule has 1 aromatic carbocycles. The standard InChI is InChI=1S/C14H16N2O3/c1-9-2-3-12-10(4-9)5-11(19-12)7-16-8-13(17)15-6-14(16)18/h2-4,11H,5-8H2,1H3,(H,15,17). The van der Waals surface area contributed by atoms with Gasteiger partial charge >= 0.3 is 0 Å². The summed E-state index contributed by atoms with van der Waals surface area (Å²) in [6, 6.07) is 6.09. The number of carbonyl (C=O) groups is 2. The Morgan fingerprint density at radius 2 is 2.26 bits per heavy atom. The molecule has 1 atom stereocenters. The highest BCUT2D eigenvalue weighted by Gasteiger charge is 2.29. The minimum absolute atomic E-state index is 0.0460. The number of fused-ring (bicyclic) bond motifs is 1. The third-order valence-electron chi connectivity index (χ3n) is 3.51. The van der Waals surface area contributed by atoms with Gasteiger partial charge in [-0.2, -0.15) is 0 Å². The zero-order chi connectivity index (χ0) is 13.4. The number of hydrogen-bond donors (Lipinski definition) is 1. The maximum absolute atomic E-state index is 11.7. The molecule has 0 spiro atoms. The van der Waals surface area contributed by atoms with E-state index in [-0.39, 0.29) is 31.0 Å². The second kappa shape index (κ2) is 4.57. The molecule has 1 fully saturated rings. The largest absolute Gasteiger partial charge is 0.488 e. The minimum Gasteiger partial charge on any atom is -0.488 e. The smallest absolute Gasteiger partial charge is 0.242 e. The lowest BCUT2D eigenvalue weighted by Gasteiger charge is -2.28. The van der Waals surface area contributed by atoms with Crippen molar-refractivity contribution in [1.29, 1.82) is 0 Å². The van der Waals surface area contributed by atoms with Gasteiger partial charge < -0.3 is 15.0 Å². The van der Waals surface area contributed by atoms with Crippen molar-refractivity contribution < 1.29 is 14.3 Å². The van der Waals surface area contributed by atoms with Crippen molar-refractivity contribution in [2.24, 2.45) is 0 Å². The fraction of sp³-hybridized carbons (Fsp3) is 0.429. The van der Waals surface area contributed by atoms with Gasteiger partial charge in [-0.1, -0.05) is 17.7 Å². The fourth-order valence-corrected chi connectivity index (χ4v) is 2.57. The van der Waals surface area contributed by atoms with E-state index in [1.165, 1.54) is 11.1 Å². The summed E-state index contributed by atoms with van der Waals surface area (Å²) in [5.74, 6) is 0.741. The van der Waals surface area contributed by atoms with E-state index in [2.05, 4.69) is 11.4 Å². The molecule has 1 saturated heterocycles. The Morgan fingerprint density at radius 1 is 1.42 bits per heavy atom. The molecule has 0 aliphatic carbocycles. The lowest BCUT2D eigenvalue weighted by molar-refractivity contribution is -0.141. The molecule has 1 aromatic rings. The van der Waals surface area contributed by atoms with Gasteiger partial charge in [-0.3, -0.25) is 9.59 Å². The molecule has 1 unspecified atom stereocenters. The highest BCUT2D eigenvalue weighted by molar-refractivity contribution is 5.92. The molecule has 0 aromatic heterocycles. The van der Waals surface area contributed by atoms with Crippen LogP contribution in [0.1, 0.15) is 11.1 Å². The van der Waals surface area contributed by atoms with E-state index < -0.39 is 0 Å². The number of benzene rings is 1. The van der Waals surface area contributed by atoms with Crippen molar-refractivity contribution in [2.75, 3.05) is 19.6 Å². The van der Waals surface area contributed by atoms with Crippen LogP contribution in [0, 0.1) is 6.92 Å². The molecule has 19 heavy (non-hydrogen) atoms. The molecule has 0 bridgehead atoms. The lowest BCUT2D eigenvalue weighted by Crippen LogP contribution is -2.53. The quantitative estimate of drug-likeness (QED) is 0.829. The van der Waals surface area contributed by atoms with Gasteiger partial charge in [0.1, 0.15) is 11.9 Å². The zero-order valence-electron chi connectivity index (χ0n) is 10.8. The molecular formula is C14H16N2O3. The summed E-state index contributed by atoms with van der Waals surface area (Å²) >= 11 is 0. The van der Waals surface area contributed by atoms with E-state index in [4.69, 9.17) is 4.74 Å².